The van der Waals surface area contributed by atoms with E-state index in [4.69, 9.17) is 11.6 Å². The summed E-state index contributed by atoms with van der Waals surface area (Å²) < 4.78 is 0. The van der Waals surface area contributed by atoms with Gasteiger partial charge in [-0.15, -0.1) is 0 Å². The van der Waals surface area contributed by atoms with Crippen LogP contribution >= 0.6 is 11.6 Å². The molecular formula is C12H15ClN2O. The summed E-state index contributed by atoms with van der Waals surface area (Å²) in [5, 5.41) is 3.10. The zero-order valence-electron chi connectivity index (χ0n) is 9.51. The Balaban J connectivity index is 2.82. The van der Waals surface area contributed by atoms with Gasteiger partial charge in [0.15, 0.2) is 0 Å². The van der Waals surface area contributed by atoms with Crippen LogP contribution in [0.2, 0.25) is 5.15 Å². The molecule has 0 saturated heterocycles. The second-order valence-electron chi connectivity index (χ2n) is 3.66. The van der Waals surface area contributed by atoms with Crippen molar-refractivity contribution < 1.29 is 4.79 Å². The number of carbonyl (C=O) groups is 1. The first-order valence-corrected chi connectivity index (χ1v) is 5.49. The molecule has 0 spiro atoms. The maximum Gasteiger partial charge on any atom is 0.251 e. The van der Waals surface area contributed by atoms with Crippen LogP contribution in [0.15, 0.2) is 24.3 Å². The van der Waals surface area contributed by atoms with Gasteiger partial charge in [0.2, 0.25) is 0 Å². The predicted octanol–water partition coefficient (Wildman–Crippen LogP) is 2.60. The van der Waals surface area contributed by atoms with Gasteiger partial charge in [-0.1, -0.05) is 30.7 Å². The molecule has 3 nitrogen and oxygen atoms in total. The summed E-state index contributed by atoms with van der Waals surface area (Å²) in [7, 11) is 0. The highest BCUT2D eigenvalue weighted by Gasteiger charge is 2.08. The number of hydrogen-bond acceptors (Lipinski definition) is 2. The number of halogens is 1. The number of hydrogen-bond donors (Lipinski definition) is 1. The summed E-state index contributed by atoms with van der Waals surface area (Å²) >= 11 is 5.83. The molecule has 4 heteroatoms. The minimum Gasteiger partial charge on any atom is -0.348 e. The molecule has 0 fully saturated rings. The monoisotopic (exact) mass is 238 g/mol. The first kappa shape index (κ1) is 12.7. The Labute approximate surface area is 101 Å². The summed E-state index contributed by atoms with van der Waals surface area (Å²) in [6, 6.07) is 3.31. The minimum absolute atomic E-state index is 0.151. The first-order chi connectivity index (χ1) is 7.52. The van der Waals surface area contributed by atoms with Crippen LogP contribution in [0.1, 0.15) is 29.9 Å². The third-order valence-electron chi connectivity index (χ3n) is 2.02. The van der Waals surface area contributed by atoms with Crippen LogP contribution in [0.5, 0.6) is 0 Å². The van der Waals surface area contributed by atoms with E-state index in [1.807, 2.05) is 13.8 Å². The average Bonchev–Trinajstić information content (AvgIpc) is 2.24. The van der Waals surface area contributed by atoms with Gasteiger partial charge in [0.05, 0.1) is 0 Å². The summed E-state index contributed by atoms with van der Waals surface area (Å²) in [5.41, 5.74) is 2.26. The topological polar surface area (TPSA) is 42.0 Å². The number of rotatable bonds is 4. The largest absolute Gasteiger partial charge is 0.348 e. The number of aryl methyl sites for hydroxylation is 1. The highest BCUT2D eigenvalue weighted by molar-refractivity contribution is 6.29. The average molecular weight is 239 g/mol. The normalized spacial score (nSPS) is 9.94. The highest BCUT2D eigenvalue weighted by atomic mass is 35.5. The number of aromatic nitrogens is 1. The van der Waals surface area contributed by atoms with Crippen LogP contribution in [0, 0.1) is 0 Å². The van der Waals surface area contributed by atoms with Crippen molar-refractivity contribution in [2.24, 2.45) is 0 Å². The second kappa shape index (κ2) is 5.66. The maximum absolute atomic E-state index is 11.7. The Hall–Kier alpha value is -1.35. The number of pyridine rings is 1. The molecule has 0 aliphatic heterocycles. The van der Waals surface area contributed by atoms with E-state index in [1.165, 1.54) is 0 Å². The van der Waals surface area contributed by atoms with Crippen molar-refractivity contribution in [1.29, 1.82) is 0 Å². The Bertz CT molecular complexity index is 415. The standard InChI is InChI=1S/C12H15ClN2O/c1-4-10-5-9(6-11(13)15-10)12(16)14-7-8(2)3/h5-6H,2,4,7H2,1,3H3,(H,14,16). The van der Waals surface area contributed by atoms with E-state index in [-0.39, 0.29) is 5.91 Å². The Kier molecular flexibility index (Phi) is 4.50. The lowest BCUT2D eigenvalue weighted by atomic mass is 10.2. The number of amides is 1. The molecular weight excluding hydrogens is 224 g/mol. The molecule has 1 aromatic rings. The van der Waals surface area contributed by atoms with Gasteiger partial charge in [-0.3, -0.25) is 4.79 Å². The van der Waals surface area contributed by atoms with Crippen LogP contribution in [0.4, 0.5) is 0 Å². The molecule has 1 aromatic heterocycles. The maximum atomic E-state index is 11.7. The molecule has 1 heterocycles. The third kappa shape index (κ3) is 3.66. The molecule has 1 amide bonds. The minimum atomic E-state index is -0.151. The third-order valence-corrected chi connectivity index (χ3v) is 2.22. The molecule has 1 N–H and O–H groups in total. The zero-order chi connectivity index (χ0) is 12.1. The van der Waals surface area contributed by atoms with Crippen molar-refractivity contribution >= 4 is 17.5 Å². The van der Waals surface area contributed by atoms with Gasteiger partial charge in [0.1, 0.15) is 5.15 Å². The van der Waals surface area contributed by atoms with Crippen molar-refractivity contribution in [2.45, 2.75) is 20.3 Å². The molecule has 0 unspecified atom stereocenters. The first-order valence-electron chi connectivity index (χ1n) is 5.12. The van der Waals surface area contributed by atoms with Crippen LogP contribution in [0.25, 0.3) is 0 Å². The van der Waals surface area contributed by atoms with Gasteiger partial charge in [0.25, 0.3) is 5.91 Å². The van der Waals surface area contributed by atoms with Crippen LogP contribution < -0.4 is 5.32 Å². The van der Waals surface area contributed by atoms with E-state index in [0.29, 0.717) is 17.3 Å². The number of nitrogens with one attached hydrogen (secondary N) is 1. The summed E-state index contributed by atoms with van der Waals surface area (Å²) in [6.07, 6.45) is 0.751. The van der Waals surface area contributed by atoms with Gasteiger partial charge >= 0.3 is 0 Å². The second-order valence-corrected chi connectivity index (χ2v) is 4.05. The SMILES string of the molecule is C=C(C)CNC(=O)c1cc(Cl)nc(CC)c1. The Morgan fingerprint density at radius 3 is 2.81 bits per heavy atom. The van der Waals surface area contributed by atoms with E-state index in [1.54, 1.807) is 12.1 Å². The van der Waals surface area contributed by atoms with Crippen molar-refractivity contribution in [3.8, 4) is 0 Å². The van der Waals surface area contributed by atoms with Crippen LogP contribution in [0.3, 0.4) is 0 Å². The fourth-order valence-electron chi connectivity index (χ4n) is 1.20. The van der Waals surface area contributed by atoms with Gasteiger partial charge in [-0.05, 0) is 25.5 Å². The summed E-state index contributed by atoms with van der Waals surface area (Å²) in [6.45, 7) is 8.02. The Morgan fingerprint density at radius 2 is 2.25 bits per heavy atom. The van der Waals surface area contributed by atoms with Crippen molar-refractivity contribution in [3.05, 3.63) is 40.7 Å². The molecule has 86 valence electrons. The van der Waals surface area contributed by atoms with Gasteiger partial charge in [0, 0.05) is 17.8 Å². The molecule has 0 bridgehead atoms. The molecule has 1 rings (SSSR count). The predicted molar refractivity (Wildman–Crippen MR) is 65.8 cm³/mol. The quantitative estimate of drug-likeness (QED) is 0.647. The van der Waals surface area contributed by atoms with Crippen molar-refractivity contribution in [1.82, 2.24) is 10.3 Å². The zero-order valence-corrected chi connectivity index (χ0v) is 10.3. The van der Waals surface area contributed by atoms with Crippen LogP contribution in [-0.4, -0.2) is 17.4 Å². The van der Waals surface area contributed by atoms with E-state index < -0.39 is 0 Å². The molecule has 0 radical (unpaired) electrons. The lowest BCUT2D eigenvalue weighted by Crippen LogP contribution is -2.25. The molecule has 16 heavy (non-hydrogen) atoms. The van der Waals surface area contributed by atoms with E-state index >= 15 is 0 Å². The van der Waals surface area contributed by atoms with E-state index in [2.05, 4.69) is 16.9 Å². The molecule has 0 aliphatic rings. The number of carbonyl (C=O) groups excluding carboxylic acids is 1. The van der Waals surface area contributed by atoms with Gasteiger partial charge in [-0.25, -0.2) is 4.98 Å². The summed E-state index contributed by atoms with van der Waals surface area (Å²) in [5.74, 6) is -0.151. The van der Waals surface area contributed by atoms with E-state index in [9.17, 15) is 4.79 Å². The lowest BCUT2D eigenvalue weighted by molar-refractivity contribution is 0.0957. The highest BCUT2D eigenvalue weighted by Crippen LogP contribution is 2.11. The lowest BCUT2D eigenvalue weighted by Gasteiger charge is -2.06. The molecule has 0 saturated carbocycles. The van der Waals surface area contributed by atoms with Crippen molar-refractivity contribution in [3.63, 3.8) is 0 Å². The Morgan fingerprint density at radius 1 is 1.56 bits per heavy atom. The molecule has 0 atom stereocenters. The molecule has 0 aliphatic carbocycles. The fourth-order valence-corrected chi connectivity index (χ4v) is 1.42. The molecule has 0 aromatic carbocycles. The van der Waals surface area contributed by atoms with Gasteiger partial charge < -0.3 is 5.32 Å². The van der Waals surface area contributed by atoms with Crippen molar-refractivity contribution in [2.75, 3.05) is 6.54 Å². The summed E-state index contributed by atoms with van der Waals surface area (Å²) in [4.78, 5) is 15.8. The fraction of sp³-hybridized carbons (Fsp3) is 0.333. The smallest absolute Gasteiger partial charge is 0.251 e. The number of nitrogens with zero attached hydrogens (tertiary/aromatic N) is 1. The van der Waals surface area contributed by atoms with E-state index in [0.717, 1.165) is 17.7 Å². The van der Waals surface area contributed by atoms with Gasteiger partial charge in [-0.2, -0.15) is 0 Å². The van der Waals surface area contributed by atoms with Crippen LogP contribution in [-0.2, 0) is 6.42 Å².